The standard InChI is InChI=1S/C24H26N2O2/c27-24(20-11-9-19(10-12-20)23-13-14-25-28-23)15-21-7-4-8-22(16-24)26(21)17-18-5-2-1-3-6-18/h1-3,5-6,9-14,21-22,27H,4,7-8,15-17H2. The summed E-state index contributed by atoms with van der Waals surface area (Å²) in [7, 11) is 0. The fourth-order valence-corrected chi connectivity index (χ4v) is 5.12. The van der Waals surface area contributed by atoms with E-state index in [1.54, 1.807) is 6.20 Å². The van der Waals surface area contributed by atoms with Crippen LogP contribution in [0.25, 0.3) is 11.3 Å². The Balaban J connectivity index is 1.37. The molecule has 0 amide bonds. The van der Waals surface area contributed by atoms with Gasteiger partial charge in [0.25, 0.3) is 0 Å². The zero-order chi connectivity index (χ0) is 19.0. The van der Waals surface area contributed by atoms with E-state index in [0.29, 0.717) is 12.1 Å². The maximum atomic E-state index is 11.6. The number of piperidine rings is 2. The molecule has 1 N–H and O–H groups in total. The molecule has 5 rings (SSSR count). The van der Waals surface area contributed by atoms with Crippen LogP contribution in [0.3, 0.4) is 0 Å². The number of rotatable bonds is 4. The number of benzene rings is 2. The van der Waals surface area contributed by atoms with Crippen molar-refractivity contribution in [3.8, 4) is 11.3 Å². The number of aliphatic hydroxyl groups is 1. The van der Waals surface area contributed by atoms with E-state index in [1.165, 1.54) is 24.8 Å². The van der Waals surface area contributed by atoms with Gasteiger partial charge in [-0.15, -0.1) is 0 Å². The van der Waals surface area contributed by atoms with Crippen LogP contribution in [0.4, 0.5) is 0 Å². The van der Waals surface area contributed by atoms with Crippen LogP contribution in [0.15, 0.2) is 71.4 Å². The van der Waals surface area contributed by atoms with Crippen molar-refractivity contribution in [3.63, 3.8) is 0 Å². The molecule has 28 heavy (non-hydrogen) atoms. The van der Waals surface area contributed by atoms with Crippen LogP contribution >= 0.6 is 0 Å². The zero-order valence-electron chi connectivity index (χ0n) is 16.0. The van der Waals surface area contributed by atoms with Gasteiger partial charge in [0.15, 0.2) is 5.76 Å². The van der Waals surface area contributed by atoms with Crippen molar-refractivity contribution in [1.29, 1.82) is 0 Å². The van der Waals surface area contributed by atoms with Crippen molar-refractivity contribution in [3.05, 3.63) is 78.0 Å². The van der Waals surface area contributed by atoms with E-state index < -0.39 is 5.60 Å². The second-order valence-electron chi connectivity index (χ2n) is 8.29. The topological polar surface area (TPSA) is 49.5 Å². The van der Waals surface area contributed by atoms with E-state index in [1.807, 2.05) is 18.2 Å². The van der Waals surface area contributed by atoms with Gasteiger partial charge in [0.05, 0.1) is 11.8 Å². The maximum absolute atomic E-state index is 11.6. The van der Waals surface area contributed by atoms with Crippen molar-refractivity contribution in [2.45, 2.75) is 56.3 Å². The minimum Gasteiger partial charge on any atom is -0.385 e. The summed E-state index contributed by atoms with van der Waals surface area (Å²) in [5.41, 5.74) is 2.63. The van der Waals surface area contributed by atoms with E-state index >= 15 is 0 Å². The first kappa shape index (κ1) is 17.7. The van der Waals surface area contributed by atoms with Crippen molar-refractivity contribution >= 4 is 0 Å². The van der Waals surface area contributed by atoms with Crippen LogP contribution in [0.5, 0.6) is 0 Å². The van der Waals surface area contributed by atoms with E-state index in [0.717, 1.165) is 36.3 Å². The van der Waals surface area contributed by atoms with Gasteiger partial charge in [-0.3, -0.25) is 4.90 Å². The van der Waals surface area contributed by atoms with Crippen LogP contribution < -0.4 is 0 Å². The van der Waals surface area contributed by atoms with Gasteiger partial charge in [-0.05, 0) is 36.8 Å². The normalized spacial score (nSPS) is 27.6. The molecular weight excluding hydrogens is 348 g/mol. The van der Waals surface area contributed by atoms with Crippen molar-refractivity contribution in [2.75, 3.05) is 0 Å². The zero-order valence-corrected chi connectivity index (χ0v) is 16.0. The summed E-state index contributed by atoms with van der Waals surface area (Å²) in [6.07, 6.45) is 6.86. The van der Waals surface area contributed by atoms with Crippen molar-refractivity contribution in [1.82, 2.24) is 10.1 Å². The average molecular weight is 374 g/mol. The molecular formula is C24H26N2O2. The molecule has 1 aromatic heterocycles. The van der Waals surface area contributed by atoms with Crippen molar-refractivity contribution < 1.29 is 9.63 Å². The van der Waals surface area contributed by atoms with Gasteiger partial charge in [-0.2, -0.15) is 0 Å². The van der Waals surface area contributed by atoms with Crippen LogP contribution in [0, 0.1) is 0 Å². The molecule has 2 fully saturated rings. The van der Waals surface area contributed by atoms with Gasteiger partial charge in [-0.1, -0.05) is 66.2 Å². The largest absolute Gasteiger partial charge is 0.385 e. The smallest absolute Gasteiger partial charge is 0.166 e. The number of fused-ring (bicyclic) bond motifs is 2. The molecule has 4 heteroatoms. The quantitative estimate of drug-likeness (QED) is 0.716. The van der Waals surface area contributed by atoms with Gasteiger partial charge in [-0.25, -0.2) is 0 Å². The third-order valence-electron chi connectivity index (χ3n) is 6.51. The highest BCUT2D eigenvalue weighted by Gasteiger charge is 2.46. The molecule has 4 nitrogen and oxygen atoms in total. The summed E-state index contributed by atoms with van der Waals surface area (Å²) in [6, 6.07) is 21.6. The Morgan fingerprint density at radius 2 is 1.68 bits per heavy atom. The molecule has 2 aliphatic rings. The fourth-order valence-electron chi connectivity index (χ4n) is 5.12. The van der Waals surface area contributed by atoms with Crippen LogP contribution in [-0.4, -0.2) is 27.2 Å². The Labute approximate surface area is 165 Å². The minimum atomic E-state index is -0.747. The summed E-state index contributed by atoms with van der Waals surface area (Å²) >= 11 is 0. The van der Waals surface area contributed by atoms with Gasteiger partial charge < -0.3 is 9.63 Å². The lowest BCUT2D eigenvalue weighted by atomic mass is 9.72. The monoisotopic (exact) mass is 374 g/mol. The first-order valence-corrected chi connectivity index (χ1v) is 10.2. The SMILES string of the molecule is OC1(c2ccc(-c3ccno3)cc2)CC2CCCC(C1)N2Cc1ccccc1. The molecule has 0 spiro atoms. The third-order valence-corrected chi connectivity index (χ3v) is 6.51. The fraction of sp³-hybridized carbons (Fsp3) is 0.375. The van der Waals surface area contributed by atoms with Gasteiger partial charge >= 0.3 is 0 Å². The van der Waals surface area contributed by atoms with Gasteiger partial charge in [0.2, 0.25) is 0 Å². The van der Waals surface area contributed by atoms with Gasteiger partial charge in [0.1, 0.15) is 0 Å². The molecule has 3 heterocycles. The number of nitrogens with zero attached hydrogens (tertiary/aromatic N) is 2. The highest BCUT2D eigenvalue weighted by molar-refractivity contribution is 5.57. The predicted octanol–water partition coefficient (Wildman–Crippen LogP) is 4.75. The lowest BCUT2D eigenvalue weighted by Gasteiger charge is -2.52. The van der Waals surface area contributed by atoms with E-state index in [9.17, 15) is 5.11 Å². The summed E-state index contributed by atoms with van der Waals surface area (Å²) in [6.45, 7) is 0.983. The summed E-state index contributed by atoms with van der Waals surface area (Å²) < 4.78 is 5.24. The Morgan fingerprint density at radius 1 is 0.964 bits per heavy atom. The van der Waals surface area contributed by atoms with Crippen molar-refractivity contribution in [2.24, 2.45) is 0 Å². The Bertz CT molecular complexity index is 892. The van der Waals surface area contributed by atoms with Crippen LogP contribution in [0.2, 0.25) is 0 Å². The molecule has 144 valence electrons. The molecule has 3 aromatic rings. The molecule has 0 aliphatic carbocycles. The average Bonchev–Trinajstić information content (AvgIpc) is 3.25. The van der Waals surface area contributed by atoms with E-state index in [4.69, 9.17) is 4.52 Å². The molecule has 2 bridgehead atoms. The molecule has 0 saturated carbocycles. The second kappa shape index (κ2) is 7.19. The molecule has 2 atom stereocenters. The molecule has 2 aliphatic heterocycles. The first-order chi connectivity index (χ1) is 13.7. The summed E-state index contributed by atoms with van der Waals surface area (Å²) in [5.74, 6) is 0.757. The second-order valence-corrected chi connectivity index (χ2v) is 8.29. The summed E-state index contributed by atoms with van der Waals surface area (Å²) in [4.78, 5) is 2.64. The first-order valence-electron chi connectivity index (χ1n) is 10.2. The van der Waals surface area contributed by atoms with Gasteiger partial charge in [0, 0.05) is 30.3 Å². The molecule has 2 saturated heterocycles. The third kappa shape index (κ3) is 3.27. The Kier molecular flexibility index (Phi) is 4.53. The Hall–Kier alpha value is -2.43. The summed E-state index contributed by atoms with van der Waals surface area (Å²) in [5, 5.41) is 15.4. The van der Waals surface area contributed by atoms with E-state index in [2.05, 4.69) is 52.5 Å². The number of hydrogen-bond acceptors (Lipinski definition) is 4. The number of hydrogen-bond donors (Lipinski definition) is 1. The maximum Gasteiger partial charge on any atom is 0.166 e. The molecule has 2 aromatic carbocycles. The molecule has 0 radical (unpaired) electrons. The lowest BCUT2D eigenvalue weighted by Crippen LogP contribution is -2.56. The predicted molar refractivity (Wildman–Crippen MR) is 108 cm³/mol. The Morgan fingerprint density at radius 3 is 2.32 bits per heavy atom. The van der Waals surface area contributed by atoms with Crippen LogP contribution in [-0.2, 0) is 12.1 Å². The van der Waals surface area contributed by atoms with E-state index in [-0.39, 0.29) is 0 Å². The van der Waals surface area contributed by atoms with Crippen LogP contribution in [0.1, 0.15) is 43.2 Å². The highest BCUT2D eigenvalue weighted by atomic mass is 16.5. The lowest BCUT2D eigenvalue weighted by molar-refractivity contribution is -0.0999. The molecule has 2 unspecified atom stereocenters. The minimum absolute atomic E-state index is 0.437. The highest BCUT2D eigenvalue weighted by Crippen LogP contribution is 2.45. The number of aromatic nitrogens is 1.